The third kappa shape index (κ3) is 3.03. The molecule has 104 valence electrons. The van der Waals surface area contributed by atoms with Crippen molar-refractivity contribution in [3.8, 4) is 0 Å². The average molecular weight is 255 g/mol. The summed E-state index contributed by atoms with van der Waals surface area (Å²) in [5.41, 5.74) is -0.211. The molecule has 1 rings (SSSR count). The summed E-state index contributed by atoms with van der Waals surface area (Å²) >= 11 is 0. The van der Waals surface area contributed by atoms with Crippen LogP contribution in [0.1, 0.15) is 52.9 Å². The van der Waals surface area contributed by atoms with E-state index in [4.69, 9.17) is 0 Å². The highest BCUT2D eigenvalue weighted by Crippen LogP contribution is 2.33. The minimum Gasteiger partial charge on any atom is -0.481 e. The molecule has 1 N–H and O–H groups in total. The standard InChI is InChI=1S/C14H25NO3/c1-5-14(2,3)15(4)12(16)10-8-6-7-9-11(10)13(17)18/h10-11H,5-9H2,1-4H3,(H,17,18). The van der Waals surface area contributed by atoms with Crippen molar-refractivity contribution in [2.75, 3.05) is 7.05 Å². The number of carbonyl (C=O) groups is 2. The van der Waals surface area contributed by atoms with E-state index >= 15 is 0 Å². The largest absolute Gasteiger partial charge is 0.481 e. The van der Waals surface area contributed by atoms with E-state index < -0.39 is 11.9 Å². The molecule has 0 radical (unpaired) electrons. The lowest BCUT2D eigenvalue weighted by molar-refractivity contribution is -0.154. The molecule has 0 aromatic rings. The molecule has 1 saturated carbocycles. The highest BCUT2D eigenvalue weighted by Gasteiger charge is 2.39. The Balaban J connectivity index is 2.84. The van der Waals surface area contributed by atoms with Gasteiger partial charge < -0.3 is 10.0 Å². The number of carboxylic acid groups (broad SMARTS) is 1. The Labute approximate surface area is 109 Å². The molecule has 18 heavy (non-hydrogen) atoms. The van der Waals surface area contributed by atoms with Crippen molar-refractivity contribution < 1.29 is 14.7 Å². The summed E-state index contributed by atoms with van der Waals surface area (Å²) in [4.78, 5) is 25.5. The van der Waals surface area contributed by atoms with E-state index in [0.717, 1.165) is 19.3 Å². The molecule has 0 spiro atoms. The van der Waals surface area contributed by atoms with Gasteiger partial charge in [0.2, 0.25) is 5.91 Å². The van der Waals surface area contributed by atoms with Crippen LogP contribution in [0.15, 0.2) is 0 Å². The van der Waals surface area contributed by atoms with E-state index in [1.807, 2.05) is 20.8 Å². The monoisotopic (exact) mass is 255 g/mol. The van der Waals surface area contributed by atoms with Gasteiger partial charge in [-0.2, -0.15) is 0 Å². The summed E-state index contributed by atoms with van der Waals surface area (Å²) in [6.45, 7) is 6.08. The number of rotatable bonds is 4. The van der Waals surface area contributed by atoms with Crippen molar-refractivity contribution in [2.45, 2.75) is 58.4 Å². The molecule has 0 aromatic heterocycles. The zero-order valence-corrected chi connectivity index (χ0v) is 11.9. The first-order valence-electron chi connectivity index (χ1n) is 6.81. The third-order valence-electron chi connectivity index (χ3n) is 4.50. The van der Waals surface area contributed by atoms with Gasteiger partial charge in [0.1, 0.15) is 0 Å². The Kier molecular flexibility index (Phi) is 4.77. The second-order valence-corrected chi connectivity index (χ2v) is 5.90. The normalized spacial score (nSPS) is 24.7. The maximum absolute atomic E-state index is 12.5. The Morgan fingerprint density at radius 3 is 2.17 bits per heavy atom. The highest BCUT2D eigenvalue weighted by molar-refractivity contribution is 5.85. The zero-order chi connectivity index (χ0) is 13.9. The Hall–Kier alpha value is -1.06. The fourth-order valence-corrected chi connectivity index (χ4v) is 2.51. The lowest BCUT2D eigenvalue weighted by atomic mass is 9.78. The van der Waals surface area contributed by atoms with Crippen LogP contribution in [-0.4, -0.2) is 34.5 Å². The molecule has 0 bridgehead atoms. The second-order valence-electron chi connectivity index (χ2n) is 5.90. The van der Waals surface area contributed by atoms with Crippen molar-refractivity contribution in [1.29, 1.82) is 0 Å². The summed E-state index contributed by atoms with van der Waals surface area (Å²) in [7, 11) is 1.79. The summed E-state index contributed by atoms with van der Waals surface area (Å²) in [6, 6.07) is 0. The van der Waals surface area contributed by atoms with Gasteiger partial charge in [-0.25, -0.2) is 0 Å². The van der Waals surface area contributed by atoms with Gasteiger partial charge in [-0.05, 0) is 33.1 Å². The molecule has 0 aromatic carbocycles. The lowest BCUT2D eigenvalue weighted by Crippen LogP contribution is -2.49. The smallest absolute Gasteiger partial charge is 0.307 e. The number of hydrogen-bond donors (Lipinski definition) is 1. The van der Waals surface area contributed by atoms with Crippen LogP contribution in [0.2, 0.25) is 0 Å². The molecule has 4 heteroatoms. The van der Waals surface area contributed by atoms with Crippen LogP contribution in [0.5, 0.6) is 0 Å². The molecule has 1 aliphatic carbocycles. The van der Waals surface area contributed by atoms with Crippen LogP contribution in [0.25, 0.3) is 0 Å². The molecular formula is C14H25NO3. The first-order chi connectivity index (χ1) is 8.31. The summed E-state index contributed by atoms with van der Waals surface area (Å²) in [6.07, 6.45) is 4.08. The molecule has 2 unspecified atom stereocenters. The SMILES string of the molecule is CCC(C)(C)N(C)C(=O)C1CCCCC1C(=O)O. The number of nitrogens with zero attached hydrogens (tertiary/aromatic N) is 1. The minimum atomic E-state index is -0.823. The Morgan fingerprint density at radius 2 is 1.72 bits per heavy atom. The number of hydrogen-bond acceptors (Lipinski definition) is 2. The molecule has 0 heterocycles. The molecule has 0 saturated heterocycles. The van der Waals surface area contributed by atoms with Gasteiger partial charge in [0, 0.05) is 12.6 Å². The number of carboxylic acids is 1. The van der Waals surface area contributed by atoms with Gasteiger partial charge in [-0.3, -0.25) is 9.59 Å². The van der Waals surface area contributed by atoms with Gasteiger partial charge in [0.25, 0.3) is 0 Å². The average Bonchev–Trinajstić information content (AvgIpc) is 2.36. The van der Waals surface area contributed by atoms with Crippen LogP contribution in [-0.2, 0) is 9.59 Å². The van der Waals surface area contributed by atoms with Crippen molar-refractivity contribution in [1.82, 2.24) is 4.90 Å². The van der Waals surface area contributed by atoms with Crippen molar-refractivity contribution >= 4 is 11.9 Å². The summed E-state index contributed by atoms with van der Waals surface area (Å²) in [5, 5.41) is 9.23. The van der Waals surface area contributed by atoms with E-state index in [9.17, 15) is 14.7 Å². The van der Waals surface area contributed by atoms with Crippen LogP contribution in [0, 0.1) is 11.8 Å². The molecular weight excluding hydrogens is 230 g/mol. The number of amides is 1. The second kappa shape index (κ2) is 5.72. The molecule has 4 nitrogen and oxygen atoms in total. The third-order valence-corrected chi connectivity index (χ3v) is 4.50. The van der Waals surface area contributed by atoms with Crippen LogP contribution < -0.4 is 0 Å². The minimum absolute atomic E-state index is 0.00560. The van der Waals surface area contributed by atoms with Gasteiger partial charge in [-0.15, -0.1) is 0 Å². The van der Waals surface area contributed by atoms with Crippen molar-refractivity contribution in [3.63, 3.8) is 0 Å². The molecule has 2 atom stereocenters. The zero-order valence-electron chi connectivity index (χ0n) is 11.9. The molecule has 1 aliphatic rings. The van der Waals surface area contributed by atoms with Gasteiger partial charge >= 0.3 is 5.97 Å². The first-order valence-corrected chi connectivity index (χ1v) is 6.81. The van der Waals surface area contributed by atoms with E-state index in [0.29, 0.717) is 12.8 Å². The molecule has 1 amide bonds. The van der Waals surface area contributed by atoms with E-state index in [-0.39, 0.29) is 17.4 Å². The van der Waals surface area contributed by atoms with Gasteiger partial charge in [-0.1, -0.05) is 19.8 Å². The predicted octanol–water partition coefficient (Wildman–Crippen LogP) is 2.52. The highest BCUT2D eigenvalue weighted by atomic mass is 16.4. The van der Waals surface area contributed by atoms with Crippen molar-refractivity contribution in [3.05, 3.63) is 0 Å². The van der Waals surface area contributed by atoms with Gasteiger partial charge in [0.05, 0.1) is 11.8 Å². The van der Waals surface area contributed by atoms with Crippen molar-refractivity contribution in [2.24, 2.45) is 11.8 Å². The number of carbonyl (C=O) groups excluding carboxylic acids is 1. The van der Waals surface area contributed by atoms with Crippen LogP contribution in [0.3, 0.4) is 0 Å². The Bertz CT molecular complexity index is 325. The fourth-order valence-electron chi connectivity index (χ4n) is 2.51. The quantitative estimate of drug-likeness (QED) is 0.839. The predicted molar refractivity (Wildman–Crippen MR) is 70.2 cm³/mol. The summed E-state index contributed by atoms with van der Waals surface area (Å²) in [5.74, 6) is -1.67. The Morgan fingerprint density at radius 1 is 1.22 bits per heavy atom. The summed E-state index contributed by atoms with van der Waals surface area (Å²) < 4.78 is 0. The van der Waals surface area contributed by atoms with Crippen LogP contribution >= 0.6 is 0 Å². The fraction of sp³-hybridized carbons (Fsp3) is 0.857. The molecule has 1 fully saturated rings. The number of aliphatic carboxylic acids is 1. The van der Waals surface area contributed by atoms with Gasteiger partial charge in [0.15, 0.2) is 0 Å². The first kappa shape index (κ1) is 15.0. The maximum Gasteiger partial charge on any atom is 0.307 e. The van der Waals surface area contributed by atoms with Crippen LogP contribution in [0.4, 0.5) is 0 Å². The lowest BCUT2D eigenvalue weighted by Gasteiger charge is -2.39. The molecule has 0 aliphatic heterocycles. The maximum atomic E-state index is 12.5. The van der Waals surface area contributed by atoms with E-state index in [1.165, 1.54) is 0 Å². The topological polar surface area (TPSA) is 57.6 Å². The van der Waals surface area contributed by atoms with E-state index in [2.05, 4.69) is 0 Å². The van der Waals surface area contributed by atoms with E-state index in [1.54, 1.807) is 11.9 Å².